The standard InChI is InChI=1S/C14H29NOS/c1-4-11(3)10-17(16)14-8-12(5-2)6-7-13(14)9-15/h11-14H,4-10,15H2,1-3H3. The van der Waals surface area contributed by atoms with Gasteiger partial charge in [0.1, 0.15) is 0 Å². The summed E-state index contributed by atoms with van der Waals surface area (Å²) in [5.41, 5.74) is 5.85. The molecule has 102 valence electrons. The smallest absolute Gasteiger partial charge is 0.0390 e. The largest absolute Gasteiger partial charge is 0.330 e. The summed E-state index contributed by atoms with van der Waals surface area (Å²) in [6.07, 6.45) is 5.97. The molecule has 0 bridgehead atoms. The first-order chi connectivity index (χ1) is 8.12. The van der Waals surface area contributed by atoms with Gasteiger partial charge in [0, 0.05) is 21.8 Å². The van der Waals surface area contributed by atoms with Gasteiger partial charge in [-0.1, -0.05) is 40.0 Å². The normalized spacial score (nSPS) is 33.3. The summed E-state index contributed by atoms with van der Waals surface area (Å²) in [5.74, 6) is 2.73. The predicted octanol–water partition coefficient (Wildman–Crippen LogP) is 2.93. The Kier molecular flexibility index (Phi) is 6.71. The van der Waals surface area contributed by atoms with Crippen molar-refractivity contribution >= 4 is 10.8 Å². The molecule has 1 aliphatic rings. The zero-order valence-electron chi connectivity index (χ0n) is 11.7. The second kappa shape index (κ2) is 7.52. The minimum atomic E-state index is -0.669. The molecule has 0 heterocycles. The van der Waals surface area contributed by atoms with Gasteiger partial charge in [-0.3, -0.25) is 4.21 Å². The zero-order chi connectivity index (χ0) is 12.8. The van der Waals surface area contributed by atoms with Crippen LogP contribution in [0, 0.1) is 17.8 Å². The van der Waals surface area contributed by atoms with E-state index < -0.39 is 10.8 Å². The van der Waals surface area contributed by atoms with Crippen LogP contribution in [0.25, 0.3) is 0 Å². The highest BCUT2D eigenvalue weighted by Crippen LogP contribution is 2.34. The van der Waals surface area contributed by atoms with Crippen molar-refractivity contribution in [3.63, 3.8) is 0 Å². The minimum Gasteiger partial charge on any atom is -0.330 e. The highest BCUT2D eigenvalue weighted by molar-refractivity contribution is 7.85. The summed E-state index contributed by atoms with van der Waals surface area (Å²) in [7, 11) is -0.669. The summed E-state index contributed by atoms with van der Waals surface area (Å²) < 4.78 is 12.5. The highest BCUT2D eigenvalue weighted by atomic mass is 32.2. The number of rotatable bonds is 6. The van der Waals surface area contributed by atoms with E-state index in [0.29, 0.717) is 23.6 Å². The van der Waals surface area contributed by atoms with Gasteiger partial charge in [0.25, 0.3) is 0 Å². The average Bonchev–Trinajstić information content (AvgIpc) is 2.37. The summed E-state index contributed by atoms with van der Waals surface area (Å²) >= 11 is 0. The third-order valence-electron chi connectivity index (χ3n) is 4.40. The average molecular weight is 259 g/mol. The molecule has 0 saturated heterocycles. The molecule has 0 spiro atoms. The van der Waals surface area contributed by atoms with Crippen molar-refractivity contribution in [2.24, 2.45) is 23.5 Å². The van der Waals surface area contributed by atoms with Crippen molar-refractivity contribution in [1.82, 2.24) is 0 Å². The van der Waals surface area contributed by atoms with Crippen molar-refractivity contribution in [3.05, 3.63) is 0 Å². The molecule has 0 aromatic heterocycles. The van der Waals surface area contributed by atoms with Gasteiger partial charge in [0.2, 0.25) is 0 Å². The van der Waals surface area contributed by atoms with E-state index in [4.69, 9.17) is 5.73 Å². The molecule has 2 N–H and O–H groups in total. The second-order valence-electron chi connectivity index (χ2n) is 5.68. The third-order valence-corrected chi connectivity index (χ3v) is 6.55. The van der Waals surface area contributed by atoms with Crippen LogP contribution in [0.2, 0.25) is 0 Å². The number of hydrogen-bond acceptors (Lipinski definition) is 2. The van der Waals surface area contributed by atoms with Gasteiger partial charge in [0.05, 0.1) is 0 Å². The van der Waals surface area contributed by atoms with Crippen LogP contribution in [-0.2, 0) is 10.8 Å². The van der Waals surface area contributed by atoms with Gasteiger partial charge in [-0.15, -0.1) is 0 Å². The zero-order valence-corrected chi connectivity index (χ0v) is 12.5. The maximum Gasteiger partial charge on any atom is 0.0390 e. The molecule has 0 aromatic rings. The molecule has 1 saturated carbocycles. The van der Waals surface area contributed by atoms with Gasteiger partial charge in [-0.25, -0.2) is 0 Å². The Balaban J connectivity index is 2.59. The fourth-order valence-corrected chi connectivity index (χ4v) is 4.97. The molecule has 3 heteroatoms. The fourth-order valence-electron chi connectivity index (χ4n) is 2.76. The van der Waals surface area contributed by atoms with Crippen molar-refractivity contribution in [3.8, 4) is 0 Å². The molecule has 0 aliphatic heterocycles. The van der Waals surface area contributed by atoms with E-state index in [1.165, 1.54) is 19.3 Å². The van der Waals surface area contributed by atoms with Crippen LogP contribution in [0.5, 0.6) is 0 Å². The Bertz CT molecular complexity index is 244. The maximum atomic E-state index is 12.5. The fraction of sp³-hybridized carbons (Fsp3) is 1.00. The third kappa shape index (κ3) is 4.36. The Morgan fingerprint density at radius 2 is 2.06 bits per heavy atom. The molecule has 0 radical (unpaired) electrons. The lowest BCUT2D eigenvalue weighted by atomic mass is 9.80. The molecular formula is C14H29NOS. The van der Waals surface area contributed by atoms with Gasteiger partial charge in [-0.05, 0) is 37.1 Å². The number of nitrogens with two attached hydrogens (primary N) is 1. The first kappa shape index (κ1) is 15.2. The lowest BCUT2D eigenvalue weighted by molar-refractivity contribution is 0.279. The van der Waals surface area contributed by atoms with Crippen LogP contribution in [0.1, 0.15) is 52.9 Å². The van der Waals surface area contributed by atoms with Gasteiger partial charge in [0.15, 0.2) is 0 Å². The molecule has 5 unspecified atom stereocenters. The van der Waals surface area contributed by atoms with Crippen molar-refractivity contribution in [2.75, 3.05) is 12.3 Å². The Hall–Kier alpha value is 0.110. The molecule has 0 amide bonds. The Labute approximate surface area is 109 Å². The monoisotopic (exact) mass is 259 g/mol. The van der Waals surface area contributed by atoms with Crippen molar-refractivity contribution < 1.29 is 4.21 Å². The van der Waals surface area contributed by atoms with E-state index in [0.717, 1.165) is 24.5 Å². The van der Waals surface area contributed by atoms with Crippen LogP contribution < -0.4 is 5.73 Å². The molecule has 1 rings (SSSR count). The summed E-state index contributed by atoms with van der Waals surface area (Å²) in [4.78, 5) is 0. The van der Waals surface area contributed by atoms with Crippen LogP contribution >= 0.6 is 0 Å². The Morgan fingerprint density at radius 3 is 2.59 bits per heavy atom. The quantitative estimate of drug-likeness (QED) is 0.797. The van der Waals surface area contributed by atoms with Crippen LogP contribution in [0.15, 0.2) is 0 Å². The van der Waals surface area contributed by atoms with E-state index >= 15 is 0 Å². The van der Waals surface area contributed by atoms with E-state index in [1.54, 1.807) is 0 Å². The molecule has 0 aromatic carbocycles. The summed E-state index contributed by atoms with van der Waals surface area (Å²) in [6.45, 7) is 7.35. The summed E-state index contributed by atoms with van der Waals surface area (Å²) in [5, 5.41) is 0.368. The van der Waals surface area contributed by atoms with Gasteiger partial charge in [-0.2, -0.15) is 0 Å². The van der Waals surface area contributed by atoms with Gasteiger partial charge < -0.3 is 5.73 Å². The molecule has 5 atom stereocenters. The molecule has 1 aliphatic carbocycles. The predicted molar refractivity (Wildman–Crippen MR) is 76.4 cm³/mol. The van der Waals surface area contributed by atoms with Crippen LogP contribution in [0.3, 0.4) is 0 Å². The van der Waals surface area contributed by atoms with E-state index in [9.17, 15) is 4.21 Å². The maximum absolute atomic E-state index is 12.5. The van der Waals surface area contributed by atoms with Crippen LogP contribution in [-0.4, -0.2) is 21.8 Å². The van der Waals surface area contributed by atoms with E-state index in [1.807, 2.05) is 0 Å². The minimum absolute atomic E-state index is 0.368. The Morgan fingerprint density at radius 1 is 1.35 bits per heavy atom. The topological polar surface area (TPSA) is 43.1 Å². The molecular weight excluding hydrogens is 230 g/mol. The number of hydrogen-bond donors (Lipinski definition) is 1. The first-order valence-electron chi connectivity index (χ1n) is 7.19. The van der Waals surface area contributed by atoms with Crippen LogP contribution in [0.4, 0.5) is 0 Å². The molecule has 1 fully saturated rings. The lowest BCUT2D eigenvalue weighted by Gasteiger charge is -2.35. The van der Waals surface area contributed by atoms with E-state index in [2.05, 4.69) is 20.8 Å². The van der Waals surface area contributed by atoms with E-state index in [-0.39, 0.29) is 0 Å². The second-order valence-corrected chi connectivity index (χ2v) is 7.38. The van der Waals surface area contributed by atoms with Gasteiger partial charge >= 0.3 is 0 Å². The first-order valence-corrected chi connectivity index (χ1v) is 8.57. The summed E-state index contributed by atoms with van der Waals surface area (Å²) in [6, 6.07) is 0. The van der Waals surface area contributed by atoms with Crippen molar-refractivity contribution in [2.45, 2.75) is 58.1 Å². The lowest BCUT2D eigenvalue weighted by Crippen LogP contribution is -2.38. The highest BCUT2D eigenvalue weighted by Gasteiger charge is 2.33. The molecule has 2 nitrogen and oxygen atoms in total. The van der Waals surface area contributed by atoms with Crippen molar-refractivity contribution in [1.29, 1.82) is 0 Å². The molecule has 17 heavy (non-hydrogen) atoms. The SMILES string of the molecule is CCC(C)CS(=O)C1CC(CC)CCC1CN.